The highest BCUT2D eigenvalue weighted by Gasteiger charge is 2.25. The van der Waals surface area contributed by atoms with Gasteiger partial charge in [0.2, 0.25) is 0 Å². The third-order valence-electron chi connectivity index (χ3n) is 4.75. The number of anilines is 2. The van der Waals surface area contributed by atoms with Gasteiger partial charge in [0.25, 0.3) is 5.91 Å². The minimum absolute atomic E-state index is 0.147. The molecule has 0 bridgehead atoms. The molecule has 2 aromatic heterocycles. The number of hydrogen-bond acceptors (Lipinski definition) is 6. The van der Waals surface area contributed by atoms with E-state index >= 15 is 0 Å². The van der Waals surface area contributed by atoms with Gasteiger partial charge in [0.05, 0.1) is 17.0 Å². The molecule has 0 unspecified atom stereocenters. The van der Waals surface area contributed by atoms with Gasteiger partial charge in [0.1, 0.15) is 5.00 Å². The molecule has 3 aromatic rings. The summed E-state index contributed by atoms with van der Waals surface area (Å²) in [6.07, 6.45) is 3.06. The Labute approximate surface area is 160 Å². The Hall–Kier alpha value is -2.25. The van der Waals surface area contributed by atoms with E-state index in [2.05, 4.69) is 50.3 Å². The zero-order valence-corrected chi connectivity index (χ0v) is 16.3. The topological polar surface area (TPSA) is 66.9 Å². The molecule has 0 saturated heterocycles. The van der Waals surface area contributed by atoms with Gasteiger partial charge in [-0.05, 0) is 49.2 Å². The van der Waals surface area contributed by atoms with Gasteiger partial charge in [-0.1, -0.05) is 30.3 Å². The van der Waals surface area contributed by atoms with E-state index in [0.29, 0.717) is 16.6 Å². The van der Waals surface area contributed by atoms with Crippen molar-refractivity contribution in [2.45, 2.75) is 32.1 Å². The van der Waals surface area contributed by atoms with Crippen LogP contribution in [0.4, 0.5) is 10.1 Å². The lowest BCUT2D eigenvalue weighted by Gasteiger charge is -2.21. The van der Waals surface area contributed by atoms with Crippen LogP contribution >= 0.6 is 22.9 Å². The molecule has 1 aliphatic carbocycles. The second kappa shape index (κ2) is 7.17. The van der Waals surface area contributed by atoms with Crippen molar-refractivity contribution in [2.75, 3.05) is 17.7 Å². The molecule has 0 fully saturated rings. The number of nitrogens with zero attached hydrogens (tertiary/aromatic N) is 2. The lowest BCUT2D eigenvalue weighted by atomic mass is 9.85. The predicted octanol–water partition coefficient (Wildman–Crippen LogP) is 4.47. The molecule has 0 spiro atoms. The Morgan fingerprint density at radius 3 is 2.85 bits per heavy atom. The highest BCUT2D eigenvalue weighted by Crippen LogP contribution is 2.37. The van der Waals surface area contributed by atoms with Crippen LogP contribution < -0.4 is 10.6 Å². The Morgan fingerprint density at radius 1 is 1.27 bits per heavy atom. The van der Waals surface area contributed by atoms with Crippen LogP contribution in [0.1, 0.15) is 44.5 Å². The summed E-state index contributed by atoms with van der Waals surface area (Å²) in [5.74, 6) is 0.387. The number of hydrogen-bond donors (Lipinski definition) is 2. The lowest BCUT2D eigenvalue weighted by molar-refractivity contribution is 0.102. The van der Waals surface area contributed by atoms with Crippen molar-refractivity contribution in [1.82, 2.24) is 9.36 Å². The number of aromatic nitrogens is 2. The minimum Gasteiger partial charge on any atom is -0.378 e. The van der Waals surface area contributed by atoms with Crippen molar-refractivity contribution in [3.63, 3.8) is 0 Å². The van der Waals surface area contributed by atoms with Gasteiger partial charge in [-0.25, -0.2) is 4.98 Å². The standard InChI is InChI=1S/C19H20N4OS2/c1-11-16(18(20-2)26-23-11)17(24)22-19-21-14-9-8-13(10-15(14)25-19)12-6-4-3-5-7-12/h3-7,13,20H,8-10H2,1-2H3,(H,21,22,24)/t13-/m0/s1. The second-order valence-corrected chi connectivity index (χ2v) is 8.27. The van der Waals surface area contributed by atoms with Crippen LogP contribution in [-0.4, -0.2) is 22.3 Å². The Balaban J connectivity index is 1.52. The van der Waals surface area contributed by atoms with E-state index in [9.17, 15) is 4.79 Å². The Kier molecular flexibility index (Phi) is 4.74. The maximum absolute atomic E-state index is 12.7. The number of amides is 1. The van der Waals surface area contributed by atoms with Crippen LogP contribution in [0.25, 0.3) is 0 Å². The maximum Gasteiger partial charge on any atom is 0.262 e. The molecule has 0 radical (unpaired) electrons. The Morgan fingerprint density at radius 2 is 2.08 bits per heavy atom. The molecule has 0 aliphatic heterocycles. The van der Waals surface area contributed by atoms with Crippen LogP contribution in [0.15, 0.2) is 30.3 Å². The van der Waals surface area contributed by atoms with E-state index in [4.69, 9.17) is 0 Å². The summed E-state index contributed by atoms with van der Waals surface area (Å²) in [5, 5.41) is 7.47. The fourth-order valence-electron chi connectivity index (χ4n) is 3.41. The van der Waals surface area contributed by atoms with E-state index in [0.717, 1.165) is 35.7 Å². The smallest absolute Gasteiger partial charge is 0.262 e. The number of thiazole rings is 1. The van der Waals surface area contributed by atoms with Crippen molar-refractivity contribution in [1.29, 1.82) is 0 Å². The van der Waals surface area contributed by atoms with Crippen LogP contribution in [0.2, 0.25) is 0 Å². The molecule has 4 rings (SSSR count). The van der Waals surface area contributed by atoms with Gasteiger partial charge in [0, 0.05) is 11.9 Å². The first kappa shape index (κ1) is 17.2. The van der Waals surface area contributed by atoms with Crippen molar-refractivity contribution >= 4 is 38.9 Å². The number of aryl methyl sites for hydroxylation is 2. The normalized spacial score (nSPS) is 16.2. The Bertz CT molecular complexity index is 932. The van der Waals surface area contributed by atoms with E-state index in [-0.39, 0.29) is 5.91 Å². The van der Waals surface area contributed by atoms with Gasteiger partial charge < -0.3 is 5.32 Å². The number of rotatable bonds is 4. The average Bonchev–Trinajstić information content (AvgIpc) is 3.23. The van der Waals surface area contributed by atoms with Gasteiger partial charge in [-0.15, -0.1) is 11.3 Å². The zero-order chi connectivity index (χ0) is 18.1. The maximum atomic E-state index is 12.7. The summed E-state index contributed by atoms with van der Waals surface area (Å²) >= 11 is 2.90. The first-order valence-corrected chi connectivity index (χ1v) is 10.2. The van der Waals surface area contributed by atoms with Crippen molar-refractivity contribution in [3.8, 4) is 0 Å². The largest absolute Gasteiger partial charge is 0.378 e. The molecular formula is C19H20N4OS2. The third-order valence-corrected chi connectivity index (χ3v) is 6.74. The van der Waals surface area contributed by atoms with E-state index in [1.54, 1.807) is 18.4 Å². The number of benzene rings is 1. The SMILES string of the molecule is CNc1snc(C)c1C(=O)Nc1nc2c(s1)C[C@@H](c1ccccc1)CC2. The van der Waals surface area contributed by atoms with Crippen LogP contribution in [0.3, 0.4) is 0 Å². The number of carbonyl (C=O) groups excluding carboxylic acids is 1. The molecule has 7 heteroatoms. The third kappa shape index (κ3) is 3.24. The summed E-state index contributed by atoms with van der Waals surface area (Å²) in [7, 11) is 1.80. The number of nitrogens with one attached hydrogen (secondary N) is 2. The molecule has 5 nitrogen and oxygen atoms in total. The summed E-state index contributed by atoms with van der Waals surface area (Å²) < 4.78 is 4.26. The van der Waals surface area contributed by atoms with Gasteiger partial charge in [-0.2, -0.15) is 4.37 Å². The predicted molar refractivity (Wildman–Crippen MR) is 108 cm³/mol. The zero-order valence-electron chi connectivity index (χ0n) is 14.7. The van der Waals surface area contributed by atoms with Crippen LogP contribution in [-0.2, 0) is 12.8 Å². The molecule has 1 aliphatic rings. The van der Waals surface area contributed by atoms with Gasteiger partial charge in [-0.3, -0.25) is 10.1 Å². The minimum atomic E-state index is -0.147. The molecule has 134 valence electrons. The fraction of sp³-hybridized carbons (Fsp3) is 0.316. The fourth-order valence-corrected chi connectivity index (χ4v) is 5.23. The van der Waals surface area contributed by atoms with Crippen LogP contribution in [0, 0.1) is 6.92 Å². The molecule has 1 atom stereocenters. The molecule has 2 heterocycles. The average molecular weight is 385 g/mol. The quantitative estimate of drug-likeness (QED) is 0.696. The lowest BCUT2D eigenvalue weighted by Crippen LogP contribution is -2.14. The van der Waals surface area contributed by atoms with E-state index in [1.165, 1.54) is 22.0 Å². The highest BCUT2D eigenvalue weighted by molar-refractivity contribution is 7.16. The molecule has 2 N–H and O–H groups in total. The number of fused-ring (bicyclic) bond motifs is 1. The molecule has 1 aromatic carbocycles. The molecule has 1 amide bonds. The van der Waals surface area contributed by atoms with Gasteiger partial charge >= 0.3 is 0 Å². The highest BCUT2D eigenvalue weighted by atomic mass is 32.1. The van der Waals surface area contributed by atoms with Crippen molar-refractivity contribution in [3.05, 3.63) is 57.7 Å². The summed E-state index contributed by atoms with van der Waals surface area (Å²) in [5.41, 5.74) is 3.86. The van der Waals surface area contributed by atoms with Crippen LogP contribution in [0.5, 0.6) is 0 Å². The molecule has 26 heavy (non-hydrogen) atoms. The summed E-state index contributed by atoms with van der Waals surface area (Å²) in [6, 6.07) is 10.6. The first-order chi connectivity index (χ1) is 12.7. The summed E-state index contributed by atoms with van der Waals surface area (Å²) in [4.78, 5) is 18.6. The molecular weight excluding hydrogens is 364 g/mol. The molecule has 0 saturated carbocycles. The van der Waals surface area contributed by atoms with E-state index < -0.39 is 0 Å². The first-order valence-electron chi connectivity index (χ1n) is 8.64. The van der Waals surface area contributed by atoms with Crippen molar-refractivity contribution in [2.24, 2.45) is 0 Å². The van der Waals surface area contributed by atoms with Gasteiger partial charge in [0.15, 0.2) is 5.13 Å². The van der Waals surface area contributed by atoms with E-state index in [1.807, 2.05) is 6.92 Å². The summed E-state index contributed by atoms with van der Waals surface area (Å²) in [6.45, 7) is 1.85. The number of carbonyl (C=O) groups is 1. The second-order valence-electron chi connectivity index (χ2n) is 6.42. The van der Waals surface area contributed by atoms with Crippen molar-refractivity contribution < 1.29 is 4.79 Å². The monoisotopic (exact) mass is 384 g/mol.